The van der Waals surface area contributed by atoms with Gasteiger partial charge in [0.1, 0.15) is 5.75 Å². The summed E-state index contributed by atoms with van der Waals surface area (Å²) in [6.45, 7) is 2.25. The Balaban J connectivity index is 1.92. The molecule has 0 aliphatic carbocycles. The van der Waals surface area contributed by atoms with Gasteiger partial charge in [-0.2, -0.15) is 0 Å². The largest absolute Gasteiger partial charge is 0.496 e. The molecular weight excluding hydrogens is 391 g/mol. The second kappa shape index (κ2) is 8.14. The number of hydrogen-bond donors (Lipinski definition) is 2. The molecule has 4 nitrogen and oxygen atoms in total. The van der Waals surface area contributed by atoms with E-state index in [1.54, 1.807) is 7.11 Å². The lowest BCUT2D eigenvalue weighted by Crippen LogP contribution is -2.30. The van der Waals surface area contributed by atoms with Crippen molar-refractivity contribution in [3.05, 3.63) is 57.7 Å². The van der Waals surface area contributed by atoms with E-state index in [9.17, 15) is 4.79 Å². The van der Waals surface area contributed by atoms with E-state index in [0.29, 0.717) is 0 Å². The number of halogens is 1. The fourth-order valence-corrected chi connectivity index (χ4v) is 2.66. The first-order chi connectivity index (χ1) is 10.6. The normalized spacial score (nSPS) is 11.8. The molecule has 1 amide bonds. The van der Waals surface area contributed by atoms with Crippen LogP contribution in [0.2, 0.25) is 0 Å². The Morgan fingerprint density at radius 1 is 1.18 bits per heavy atom. The Morgan fingerprint density at radius 2 is 1.86 bits per heavy atom. The van der Waals surface area contributed by atoms with Gasteiger partial charge < -0.3 is 15.4 Å². The number of ether oxygens (including phenoxy) is 1. The lowest BCUT2D eigenvalue weighted by molar-refractivity contribution is -0.115. The molecule has 22 heavy (non-hydrogen) atoms. The van der Waals surface area contributed by atoms with Crippen molar-refractivity contribution in [2.75, 3.05) is 19.0 Å². The first-order valence-electron chi connectivity index (χ1n) is 7.02. The van der Waals surface area contributed by atoms with Crippen molar-refractivity contribution in [3.63, 3.8) is 0 Å². The fraction of sp³-hybridized carbons (Fsp3) is 0.235. The number of hydrogen-bond acceptors (Lipinski definition) is 3. The first-order valence-corrected chi connectivity index (χ1v) is 8.10. The van der Waals surface area contributed by atoms with E-state index in [0.717, 1.165) is 20.6 Å². The maximum absolute atomic E-state index is 12.0. The van der Waals surface area contributed by atoms with Gasteiger partial charge in [-0.05, 0) is 47.7 Å². The van der Waals surface area contributed by atoms with Gasteiger partial charge in [0.2, 0.25) is 5.91 Å². The molecule has 2 N–H and O–H groups in total. The SMILES string of the molecule is COc1ccccc1C(C)NCC(=O)Nc1ccccc1I. The van der Waals surface area contributed by atoms with E-state index in [1.807, 2.05) is 55.5 Å². The lowest BCUT2D eigenvalue weighted by atomic mass is 10.1. The number of benzene rings is 2. The quantitative estimate of drug-likeness (QED) is 0.716. The molecule has 0 heterocycles. The third-order valence-electron chi connectivity index (χ3n) is 3.32. The zero-order valence-electron chi connectivity index (χ0n) is 12.6. The molecule has 116 valence electrons. The van der Waals surface area contributed by atoms with Crippen molar-refractivity contribution in [3.8, 4) is 5.75 Å². The van der Waals surface area contributed by atoms with Gasteiger partial charge in [0, 0.05) is 15.2 Å². The van der Waals surface area contributed by atoms with Crippen molar-refractivity contribution in [1.82, 2.24) is 5.32 Å². The van der Waals surface area contributed by atoms with Crippen LogP contribution in [0.15, 0.2) is 48.5 Å². The van der Waals surface area contributed by atoms with Crippen LogP contribution in [0.25, 0.3) is 0 Å². The topological polar surface area (TPSA) is 50.4 Å². The van der Waals surface area contributed by atoms with Gasteiger partial charge in [-0.15, -0.1) is 0 Å². The molecule has 0 saturated heterocycles. The highest BCUT2D eigenvalue weighted by Crippen LogP contribution is 2.24. The zero-order chi connectivity index (χ0) is 15.9. The number of anilines is 1. The summed E-state index contributed by atoms with van der Waals surface area (Å²) >= 11 is 2.20. The number of nitrogens with one attached hydrogen (secondary N) is 2. The van der Waals surface area contributed by atoms with Gasteiger partial charge >= 0.3 is 0 Å². The average Bonchev–Trinajstić information content (AvgIpc) is 2.54. The molecule has 0 aromatic heterocycles. The second-order valence-corrected chi connectivity index (χ2v) is 6.03. The van der Waals surface area contributed by atoms with Gasteiger partial charge in [0.05, 0.1) is 19.3 Å². The van der Waals surface area contributed by atoms with Crippen molar-refractivity contribution in [1.29, 1.82) is 0 Å². The molecule has 0 aliphatic rings. The molecule has 0 spiro atoms. The summed E-state index contributed by atoms with van der Waals surface area (Å²) in [6, 6.07) is 15.5. The summed E-state index contributed by atoms with van der Waals surface area (Å²) < 4.78 is 6.36. The standard InChI is InChI=1S/C17H19IN2O2/c1-12(13-7-3-6-10-16(13)22-2)19-11-17(21)20-15-9-5-4-8-14(15)18/h3-10,12,19H,11H2,1-2H3,(H,20,21). The van der Waals surface area contributed by atoms with E-state index in [2.05, 4.69) is 33.2 Å². The van der Waals surface area contributed by atoms with Crippen LogP contribution in [0, 0.1) is 3.57 Å². The Morgan fingerprint density at radius 3 is 2.59 bits per heavy atom. The minimum absolute atomic E-state index is 0.0248. The fourth-order valence-electron chi connectivity index (χ4n) is 2.14. The van der Waals surface area contributed by atoms with Crippen LogP contribution in [-0.4, -0.2) is 19.6 Å². The number of carbonyl (C=O) groups is 1. The van der Waals surface area contributed by atoms with E-state index < -0.39 is 0 Å². The minimum Gasteiger partial charge on any atom is -0.496 e. The molecule has 1 unspecified atom stereocenters. The third kappa shape index (κ3) is 4.45. The molecule has 5 heteroatoms. The number of para-hydroxylation sites is 2. The van der Waals surface area contributed by atoms with Crippen molar-refractivity contribution < 1.29 is 9.53 Å². The molecule has 0 saturated carbocycles. The van der Waals surface area contributed by atoms with E-state index in [1.165, 1.54) is 0 Å². The second-order valence-electron chi connectivity index (χ2n) is 4.87. The number of rotatable bonds is 6. The molecule has 0 fully saturated rings. The average molecular weight is 410 g/mol. The van der Waals surface area contributed by atoms with Crippen molar-refractivity contribution in [2.24, 2.45) is 0 Å². The lowest BCUT2D eigenvalue weighted by Gasteiger charge is -2.17. The van der Waals surface area contributed by atoms with Crippen LogP contribution >= 0.6 is 22.6 Å². The van der Waals surface area contributed by atoms with Gasteiger partial charge in [0.15, 0.2) is 0 Å². The van der Waals surface area contributed by atoms with Gasteiger partial charge in [-0.25, -0.2) is 0 Å². The van der Waals surface area contributed by atoms with E-state index in [-0.39, 0.29) is 18.5 Å². The summed E-state index contributed by atoms with van der Waals surface area (Å²) in [5.41, 5.74) is 1.87. The highest BCUT2D eigenvalue weighted by molar-refractivity contribution is 14.1. The summed E-state index contributed by atoms with van der Waals surface area (Å²) in [7, 11) is 1.65. The van der Waals surface area contributed by atoms with E-state index >= 15 is 0 Å². The zero-order valence-corrected chi connectivity index (χ0v) is 14.8. The number of carbonyl (C=O) groups excluding carboxylic acids is 1. The molecular formula is C17H19IN2O2. The minimum atomic E-state index is -0.0640. The smallest absolute Gasteiger partial charge is 0.238 e. The molecule has 0 radical (unpaired) electrons. The van der Waals surface area contributed by atoms with Crippen LogP contribution < -0.4 is 15.4 Å². The highest BCUT2D eigenvalue weighted by Gasteiger charge is 2.12. The Kier molecular flexibility index (Phi) is 6.21. The summed E-state index contributed by atoms with van der Waals surface area (Å²) in [5.74, 6) is 0.756. The molecule has 1 atom stereocenters. The third-order valence-corrected chi connectivity index (χ3v) is 4.26. The first kappa shape index (κ1) is 16.8. The predicted octanol–water partition coefficient (Wildman–Crippen LogP) is 3.59. The molecule has 2 rings (SSSR count). The Labute approximate surface area is 144 Å². The molecule has 2 aromatic carbocycles. The van der Waals surface area contributed by atoms with Crippen LogP contribution in [0.4, 0.5) is 5.69 Å². The van der Waals surface area contributed by atoms with Gasteiger partial charge in [0.25, 0.3) is 0 Å². The van der Waals surface area contributed by atoms with Gasteiger partial charge in [-0.1, -0.05) is 30.3 Å². The highest BCUT2D eigenvalue weighted by atomic mass is 127. The van der Waals surface area contributed by atoms with Crippen molar-refractivity contribution >= 4 is 34.2 Å². The maximum atomic E-state index is 12.0. The maximum Gasteiger partial charge on any atom is 0.238 e. The van der Waals surface area contributed by atoms with Crippen LogP contribution in [-0.2, 0) is 4.79 Å². The van der Waals surface area contributed by atoms with Gasteiger partial charge in [-0.3, -0.25) is 4.79 Å². The predicted molar refractivity (Wildman–Crippen MR) is 97.2 cm³/mol. The molecule has 2 aromatic rings. The monoisotopic (exact) mass is 410 g/mol. The summed E-state index contributed by atoms with van der Waals surface area (Å²) in [5, 5.41) is 6.12. The van der Waals surface area contributed by atoms with Crippen LogP contribution in [0.3, 0.4) is 0 Å². The Hall–Kier alpha value is -1.60. The molecule has 0 bridgehead atoms. The van der Waals surface area contributed by atoms with Crippen molar-refractivity contribution in [2.45, 2.75) is 13.0 Å². The summed E-state index contributed by atoms with van der Waals surface area (Å²) in [6.07, 6.45) is 0. The summed E-state index contributed by atoms with van der Waals surface area (Å²) in [4.78, 5) is 12.0. The number of methoxy groups -OCH3 is 1. The molecule has 0 aliphatic heterocycles. The van der Waals surface area contributed by atoms with Crippen LogP contribution in [0.1, 0.15) is 18.5 Å². The van der Waals surface area contributed by atoms with Crippen LogP contribution in [0.5, 0.6) is 5.75 Å². The number of amides is 1. The Bertz CT molecular complexity index is 646. The van der Waals surface area contributed by atoms with E-state index in [4.69, 9.17) is 4.74 Å².